The molecule has 0 radical (unpaired) electrons. The van der Waals surface area contributed by atoms with Crippen molar-refractivity contribution >= 4 is 37.6 Å². The van der Waals surface area contributed by atoms with Crippen LogP contribution in [0.3, 0.4) is 0 Å². The molecule has 1 fully saturated rings. The van der Waals surface area contributed by atoms with Gasteiger partial charge in [0.1, 0.15) is 17.4 Å². The molecule has 1 aliphatic heterocycles. The van der Waals surface area contributed by atoms with Crippen LogP contribution < -0.4 is 14.6 Å². The molecule has 1 N–H and O–H groups in total. The van der Waals surface area contributed by atoms with Gasteiger partial charge in [-0.2, -0.15) is 0 Å². The molecular weight excluding hydrogens is 418 g/mol. The number of piperazine rings is 1. The van der Waals surface area contributed by atoms with E-state index < -0.39 is 8.32 Å². The van der Waals surface area contributed by atoms with E-state index in [0.717, 1.165) is 24.7 Å². The summed E-state index contributed by atoms with van der Waals surface area (Å²) in [7, 11) is -1.91. The summed E-state index contributed by atoms with van der Waals surface area (Å²) in [6.07, 6.45) is 3.32. The lowest BCUT2D eigenvalue weighted by Gasteiger charge is -2.36. The zero-order valence-electron chi connectivity index (χ0n) is 18.3. The second-order valence-electron chi connectivity index (χ2n) is 8.98. The van der Waals surface area contributed by atoms with Gasteiger partial charge in [0.25, 0.3) is 8.32 Å². The average molecular weight is 448 g/mol. The van der Waals surface area contributed by atoms with Crippen LogP contribution >= 0.6 is 11.6 Å². The van der Waals surface area contributed by atoms with E-state index in [1.807, 2.05) is 18.2 Å². The molecule has 0 bridgehead atoms. The molecule has 7 nitrogen and oxygen atoms in total. The number of urea groups is 1. The third kappa shape index (κ3) is 5.43. The number of halogens is 1. The Morgan fingerprint density at radius 3 is 2.30 bits per heavy atom. The Kier molecular flexibility index (Phi) is 6.57. The molecule has 3 heterocycles. The van der Waals surface area contributed by atoms with Crippen LogP contribution in [0.15, 0.2) is 36.7 Å². The molecule has 0 saturated carbocycles. The molecule has 0 spiro atoms. The van der Waals surface area contributed by atoms with Crippen LogP contribution in [-0.2, 0) is 0 Å². The second-order valence-corrected chi connectivity index (χ2v) is 14.1. The lowest BCUT2D eigenvalue weighted by atomic mass is 10.2. The van der Waals surface area contributed by atoms with Crippen molar-refractivity contribution in [2.24, 2.45) is 0 Å². The highest BCUT2D eigenvalue weighted by Crippen LogP contribution is 2.37. The standard InChI is InChI=1S/C21H30ClN5O2Si/c1-21(2,3)30(4,5)29-17-7-8-18(23-15-17)25-20(28)27-12-10-26(11-13-27)19-9-6-16(22)14-24-19/h6-9,14-15H,10-13H2,1-5H3,(H,23,25,28). The fourth-order valence-electron chi connectivity index (χ4n) is 2.84. The zero-order chi connectivity index (χ0) is 21.9. The molecule has 1 aliphatic rings. The summed E-state index contributed by atoms with van der Waals surface area (Å²) in [5.41, 5.74) is 0. The van der Waals surface area contributed by atoms with Gasteiger partial charge in [0.2, 0.25) is 0 Å². The normalized spacial score (nSPS) is 15.1. The number of aromatic nitrogens is 2. The summed E-state index contributed by atoms with van der Waals surface area (Å²) in [6, 6.07) is 7.23. The maximum atomic E-state index is 12.6. The molecule has 2 amide bonds. The van der Waals surface area contributed by atoms with Crippen LogP contribution in [0.2, 0.25) is 23.2 Å². The predicted octanol–water partition coefficient (Wildman–Crippen LogP) is 4.87. The summed E-state index contributed by atoms with van der Waals surface area (Å²) >= 11 is 5.90. The van der Waals surface area contributed by atoms with Crippen molar-refractivity contribution in [2.45, 2.75) is 38.9 Å². The lowest BCUT2D eigenvalue weighted by Crippen LogP contribution is -2.50. The Labute approximate surface area is 184 Å². The molecule has 2 aromatic rings. The van der Waals surface area contributed by atoms with Crippen molar-refractivity contribution in [2.75, 3.05) is 36.4 Å². The number of carbonyl (C=O) groups excluding carboxylic acids is 1. The number of hydrogen-bond donors (Lipinski definition) is 1. The van der Waals surface area contributed by atoms with Crippen molar-refractivity contribution in [3.63, 3.8) is 0 Å². The van der Waals surface area contributed by atoms with Crippen LogP contribution in [0.5, 0.6) is 5.75 Å². The first-order chi connectivity index (χ1) is 14.0. The Bertz CT molecular complexity index is 860. The highest BCUT2D eigenvalue weighted by atomic mass is 35.5. The number of nitrogens with zero attached hydrogens (tertiary/aromatic N) is 4. The third-order valence-electron chi connectivity index (χ3n) is 5.75. The summed E-state index contributed by atoms with van der Waals surface area (Å²) in [4.78, 5) is 25.2. The van der Waals surface area contributed by atoms with Gasteiger partial charge in [-0.25, -0.2) is 14.8 Å². The molecule has 1 saturated heterocycles. The van der Waals surface area contributed by atoms with Crippen molar-refractivity contribution < 1.29 is 9.22 Å². The smallest absolute Gasteiger partial charge is 0.323 e. The summed E-state index contributed by atoms with van der Waals surface area (Å²) in [5.74, 6) is 2.13. The number of carbonyl (C=O) groups is 1. The van der Waals surface area contributed by atoms with Crippen molar-refractivity contribution in [3.8, 4) is 5.75 Å². The Morgan fingerprint density at radius 2 is 1.77 bits per heavy atom. The highest BCUT2D eigenvalue weighted by Gasteiger charge is 2.39. The molecule has 9 heteroatoms. The molecule has 2 aromatic heterocycles. The Hall–Kier alpha value is -2.32. The minimum absolute atomic E-state index is 0.115. The van der Waals surface area contributed by atoms with Gasteiger partial charge in [-0.05, 0) is 42.4 Å². The highest BCUT2D eigenvalue weighted by molar-refractivity contribution is 6.74. The van der Waals surface area contributed by atoms with E-state index >= 15 is 0 Å². The maximum Gasteiger partial charge on any atom is 0.323 e. The van der Waals surface area contributed by atoms with Crippen molar-refractivity contribution in [1.82, 2.24) is 14.9 Å². The van der Waals surface area contributed by atoms with Gasteiger partial charge in [-0.3, -0.25) is 5.32 Å². The fraction of sp³-hybridized carbons (Fsp3) is 0.476. The van der Waals surface area contributed by atoms with E-state index in [1.54, 1.807) is 23.4 Å². The quantitative estimate of drug-likeness (QED) is 0.677. The first kappa shape index (κ1) is 22.4. The molecule has 30 heavy (non-hydrogen) atoms. The summed E-state index contributed by atoms with van der Waals surface area (Å²) in [6.45, 7) is 13.6. The second kappa shape index (κ2) is 8.81. The van der Waals surface area contributed by atoms with Gasteiger partial charge in [-0.15, -0.1) is 0 Å². The van der Waals surface area contributed by atoms with Crippen LogP contribution in [0.25, 0.3) is 0 Å². The number of anilines is 2. The van der Waals surface area contributed by atoms with Gasteiger partial charge >= 0.3 is 6.03 Å². The molecule has 3 rings (SSSR count). The van der Waals surface area contributed by atoms with Gasteiger partial charge in [0.05, 0.1) is 11.2 Å². The van der Waals surface area contributed by atoms with Gasteiger partial charge < -0.3 is 14.2 Å². The molecule has 162 valence electrons. The van der Waals surface area contributed by atoms with E-state index in [-0.39, 0.29) is 11.1 Å². The number of pyridine rings is 2. The largest absolute Gasteiger partial charge is 0.542 e. The topological polar surface area (TPSA) is 70.6 Å². The molecular formula is C21H30ClN5O2Si. The molecule has 0 aliphatic carbocycles. The minimum Gasteiger partial charge on any atom is -0.542 e. The van der Waals surface area contributed by atoms with Crippen molar-refractivity contribution in [3.05, 3.63) is 41.7 Å². The lowest BCUT2D eigenvalue weighted by molar-refractivity contribution is 0.208. The van der Waals surface area contributed by atoms with Crippen LogP contribution in [0, 0.1) is 0 Å². The number of hydrogen-bond acceptors (Lipinski definition) is 5. The van der Waals surface area contributed by atoms with E-state index in [0.29, 0.717) is 23.9 Å². The maximum absolute atomic E-state index is 12.6. The van der Waals surface area contributed by atoms with Crippen LogP contribution in [0.1, 0.15) is 20.8 Å². The number of rotatable bonds is 4. The molecule has 0 atom stereocenters. The Morgan fingerprint density at radius 1 is 1.07 bits per heavy atom. The van der Waals surface area contributed by atoms with Crippen LogP contribution in [0.4, 0.5) is 16.4 Å². The predicted molar refractivity (Wildman–Crippen MR) is 124 cm³/mol. The SMILES string of the molecule is CC(C)(C)[Si](C)(C)Oc1ccc(NC(=O)N2CCN(c3ccc(Cl)cn3)CC2)nc1. The van der Waals surface area contributed by atoms with E-state index in [1.165, 1.54) is 0 Å². The van der Waals surface area contributed by atoms with Crippen molar-refractivity contribution in [1.29, 1.82) is 0 Å². The van der Waals surface area contributed by atoms with Gasteiger partial charge in [0, 0.05) is 32.4 Å². The third-order valence-corrected chi connectivity index (χ3v) is 10.3. The minimum atomic E-state index is -1.91. The monoisotopic (exact) mass is 447 g/mol. The van der Waals surface area contributed by atoms with E-state index in [2.05, 4.69) is 54.0 Å². The fourth-order valence-corrected chi connectivity index (χ4v) is 3.97. The Balaban J connectivity index is 1.52. The van der Waals surface area contributed by atoms with E-state index in [4.69, 9.17) is 16.0 Å². The van der Waals surface area contributed by atoms with Crippen LogP contribution in [-0.4, -0.2) is 55.4 Å². The average Bonchev–Trinajstić information content (AvgIpc) is 2.69. The van der Waals surface area contributed by atoms with Gasteiger partial charge in [-0.1, -0.05) is 32.4 Å². The van der Waals surface area contributed by atoms with Gasteiger partial charge in [0.15, 0.2) is 0 Å². The first-order valence-electron chi connectivity index (χ1n) is 10.1. The molecule has 0 unspecified atom stereocenters. The van der Waals surface area contributed by atoms with E-state index in [9.17, 15) is 4.79 Å². The number of amides is 2. The number of nitrogens with one attached hydrogen (secondary N) is 1. The first-order valence-corrected chi connectivity index (χ1v) is 13.4. The summed E-state index contributed by atoms with van der Waals surface area (Å²) in [5, 5.41) is 3.60. The zero-order valence-corrected chi connectivity index (χ0v) is 20.0. The molecule has 0 aromatic carbocycles. The summed E-state index contributed by atoms with van der Waals surface area (Å²) < 4.78 is 6.24.